The molecule has 17 heavy (non-hydrogen) atoms. The highest BCUT2D eigenvalue weighted by Crippen LogP contribution is 2.25. The summed E-state index contributed by atoms with van der Waals surface area (Å²) in [7, 11) is 0. The van der Waals surface area contributed by atoms with Gasteiger partial charge in [-0.15, -0.1) is 11.8 Å². The van der Waals surface area contributed by atoms with Crippen LogP contribution in [0.2, 0.25) is 5.02 Å². The lowest BCUT2D eigenvalue weighted by molar-refractivity contribution is 0.0342. The zero-order valence-corrected chi connectivity index (χ0v) is 11.7. The Labute approximate surface area is 112 Å². The van der Waals surface area contributed by atoms with E-state index in [2.05, 4.69) is 30.0 Å². The minimum absolute atomic E-state index is 0.835. The van der Waals surface area contributed by atoms with Gasteiger partial charge in [0.2, 0.25) is 0 Å². The minimum Gasteiger partial charge on any atom is -0.379 e. The van der Waals surface area contributed by atoms with E-state index in [9.17, 15) is 0 Å². The van der Waals surface area contributed by atoms with Crippen LogP contribution in [0.25, 0.3) is 0 Å². The van der Waals surface area contributed by atoms with Crippen molar-refractivity contribution >= 4 is 23.4 Å². The summed E-state index contributed by atoms with van der Waals surface area (Å²) >= 11 is 8.14. The molecule has 0 atom stereocenters. The van der Waals surface area contributed by atoms with Gasteiger partial charge in [-0.05, 0) is 23.4 Å². The largest absolute Gasteiger partial charge is 0.379 e. The van der Waals surface area contributed by atoms with Gasteiger partial charge in [0, 0.05) is 29.6 Å². The Morgan fingerprint density at radius 1 is 1.35 bits per heavy atom. The number of halogens is 1. The van der Waals surface area contributed by atoms with Crippen LogP contribution in [-0.2, 0) is 11.3 Å². The third-order valence-corrected chi connectivity index (χ3v) is 4.06. The number of ether oxygens (including phenoxy) is 1. The zero-order valence-electron chi connectivity index (χ0n) is 10.1. The fourth-order valence-electron chi connectivity index (χ4n) is 1.91. The zero-order chi connectivity index (χ0) is 12.1. The Bertz CT molecular complexity index is 366. The molecule has 2 rings (SSSR count). The molecule has 0 N–H and O–H groups in total. The molecule has 0 spiro atoms. The lowest BCUT2D eigenvalue weighted by Crippen LogP contribution is -2.35. The number of hydrogen-bond donors (Lipinski definition) is 0. The average Bonchev–Trinajstić information content (AvgIpc) is 2.34. The lowest BCUT2D eigenvalue weighted by Gasteiger charge is -2.26. The molecule has 1 aliphatic rings. The van der Waals surface area contributed by atoms with E-state index >= 15 is 0 Å². The first kappa shape index (κ1) is 13.2. The summed E-state index contributed by atoms with van der Waals surface area (Å²) in [5.41, 5.74) is 1.22. The van der Waals surface area contributed by atoms with Crippen LogP contribution in [0.4, 0.5) is 0 Å². The number of hydrogen-bond acceptors (Lipinski definition) is 3. The van der Waals surface area contributed by atoms with Crippen molar-refractivity contribution in [3.05, 3.63) is 28.8 Å². The van der Waals surface area contributed by atoms with Crippen LogP contribution in [0.1, 0.15) is 12.5 Å². The molecule has 0 aliphatic carbocycles. The summed E-state index contributed by atoms with van der Waals surface area (Å²) in [6.45, 7) is 6.76. The van der Waals surface area contributed by atoms with Crippen molar-refractivity contribution in [2.24, 2.45) is 0 Å². The maximum Gasteiger partial charge on any atom is 0.0594 e. The van der Waals surface area contributed by atoms with E-state index in [1.54, 1.807) is 0 Å². The van der Waals surface area contributed by atoms with E-state index in [4.69, 9.17) is 16.3 Å². The third kappa shape index (κ3) is 3.88. The Balaban J connectivity index is 2.00. The molecule has 0 amide bonds. The molecule has 94 valence electrons. The highest BCUT2D eigenvalue weighted by atomic mass is 35.5. The maximum atomic E-state index is 6.31. The molecule has 4 heteroatoms. The fraction of sp³-hybridized carbons (Fsp3) is 0.538. The van der Waals surface area contributed by atoms with Crippen LogP contribution >= 0.6 is 23.4 Å². The van der Waals surface area contributed by atoms with E-state index in [0.717, 1.165) is 43.6 Å². The minimum atomic E-state index is 0.835. The standard InChI is InChI=1S/C13H18ClNOS/c1-2-17-12-4-3-11(13(14)9-12)10-15-5-7-16-8-6-15/h3-4,9H,2,5-8,10H2,1H3. The van der Waals surface area contributed by atoms with Crippen LogP contribution in [0.15, 0.2) is 23.1 Å². The Morgan fingerprint density at radius 3 is 2.76 bits per heavy atom. The van der Waals surface area contributed by atoms with Gasteiger partial charge >= 0.3 is 0 Å². The smallest absolute Gasteiger partial charge is 0.0594 e. The summed E-state index contributed by atoms with van der Waals surface area (Å²) in [6, 6.07) is 6.39. The highest BCUT2D eigenvalue weighted by molar-refractivity contribution is 7.99. The monoisotopic (exact) mass is 271 g/mol. The molecule has 2 nitrogen and oxygen atoms in total. The SMILES string of the molecule is CCSc1ccc(CN2CCOCC2)c(Cl)c1. The van der Waals surface area contributed by atoms with Crippen molar-refractivity contribution in [2.45, 2.75) is 18.4 Å². The van der Waals surface area contributed by atoms with E-state index in [0.29, 0.717) is 0 Å². The summed E-state index contributed by atoms with van der Waals surface area (Å²) in [4.78, 5) is 3.64. The Morgan fingerprint density at radius 2 is 2.12 bits per heavy atom. The van der Waals surface area contributed by atoms with E-state index in [1.807, 2.05) is 11.8 Å². The van der Waals surface area contributed by atoms with Crippen LogP contribution in [0.5, 0.6) is 0 Å². The molecule has 1 aliphatic heterocycles. The number of rotatable bonds is 4. The normalized spacial score (nSPS) is 17.3. The molecule has 0 saturated carbocycles. The van der Waals surface area contributed by atoms with E-state index < -0.39 is 0 Å². The van der Waals surface area contributed by atoms with Gasteiger partial charge in [0.25, 0.3) is 0 Å². The van der Waals surface area contributed by atoms with Gasteiger partial charge in [0.1, 0.15) is 0 Å². The first-order chi connectivity index (χ1) is 8.29. The van der Waals surface area contributed by atoms with Crippen LogP contribution < -0.4 is 0 Å². The topological polar surface area (TPSA) is 12.5 Å². The molecule has 0 radical (unpaired) electrons. The van der Waals surface area contributed by atoms with Crippen molar-refractivity contribution < 1.29 is 4.74 Å². The molecule has 0 unspecified atom stereocenters. The van der Waals surface area contributed by atoms with Gasteiger partial charge in [0.15, 0.2) is 0 Å². The van der Waals surface area contributed by atoms with Gasteiger partial charge in [-0.3, -0.25) is 4.90 Å². The van der Waals surface area contributed by atoms with Gasteiger partial charge < -0.3 is 4.74 Å². The first-order valence-electron chi connectivity index (χ1n) is 6.01. The lowest BCUT2D eigenvalue weighted by atomic mass is 10.2. The summed E-state index contributed by atoms with van der Waals surface area (Å²) < 4.78 is 5.34. The number of thioether (sulfide) groups is 1. The van der Waals surface area contributed by atoms with Gasteiger partial charge in [-0.1, -0.05) is 24.6 Å². The molecule has 0 bridgehead atoms. The second kappa shape index (κ2) is 6.64. The molecule has 1 saturated heterocycles. The highest BCUT2D eigenvalue weighted by Gasteiger charge is 2.12. The van der Waals surface area contributed by atoms with Crippen LogP contribution in [0.3, 0.4) is 0 Å². The molecular weight excluding hydrogens is 254 g/mol. The molecule has 1 heterocycles. The van der Waals surface area contributed by atoms with E-state index in [1.165, 1.54) is 10.5 Å². The average molecular weight is 272 g/mol. The third-order valence-electron chi connectivity index (χ3n) is 2.83. The second-order valence-corrected chi connectivity index (χ2v) is 5.82. The van der Waals surface area contributed by atoms with Crippen molar-refractivity contribution in [2.75, 3.05) is 32.1 Å². The molecule has 1 fully saturated rings. The maximum absolute atomic E-state index is 6.31. The van der Waals surface area contributed by atoms with Crippen molar-refractivity contribution in [1.29, 1.82) is 0 Å². The number of morpholine rings is 1. The predicted molar refractivity (Wildman–Crippen MR) is 73.9 cm³/mol. The van der Waals surface area contributed by atoms with Crippen molar-refractivity contribution in [1.82, 2.24) is 4.90 Å². The number of nitrogens with zero attached hydrogens (tertiary/aromatic N) is 1. The summed E-state index contributed by atoms with van der Waals surface area (Å²) in [6.07, 6.45) is 0. The molecule has 1 aromatic rings. The van der Waals surface area contributed by atoms with Crippen LogP contribution in [-0.4, -0.2) is 37.0 Å². The van der Waals surface area contributed by atoms with Gasteiger partial charge in [0.05, 0.1) is 13.2 Å². The quantitative estimate of drug-likeness (QED) is 0.780. The van der Waals surface area contributed by atoms with Crippen LogP contribution in [0, 0.1) is 0 Å². The number of benzene rings is 1. The predicted octanol–water partition coefficient (Wildman–Crippen LogP) is 3.28. The van der Waals surface area contributed by atoms with Crippen molar-refractivity contribution in [3.63, 3.8) is 0 Å². The Kier molecular flexibility index (Phi) is 5.16. The first-order valence-corrected chi connectivity index (χ1v) is 7.37. The second-order valence-electron chi connectivity index (χ2n) is 4.07. The summed E-state index contributed by atoms with van der Waals surface area (Å²) in [5, 5.41) is 0.884. The molecule has 0 aromatic heterocycles. The van der Waals surface area contributed by atoms with Gasteiger partial charge in [-0.2, -0.15) is 0 Å². The Hall–Kier alpha value is -0.220. The molecule has 1 aromatic carbocycles. The molecular formula is C13H18ClNOS. The fourth-order valence-corrected chi connectivity index (χ4v) is 2.92. The summed E-state index contributed by atoms with van der Waals surface area (Å²) in [5.74, 6) is 1.08. The van der Waals surface area contributed by atoms with Gasteiger partial charge in [-0.25, -0.2) is 0 Å². The van der Waals surface area contributed by atoms with E-state index in [-0.39, 0.29) is 0 Å². The van der Waals surface area contributed by atoms with Crippen molar-refractivity contribution in [3.8, 4) is 0 Å².